The summed E-state index contributed by atoms with van der Waals surface area (Å²) in [5, 5.41) is 2.78. The van der Waals surface area contributed by atoms with E-state index in [4.69, 9.17) is 5.73 Å². The first-order valence-corrected chi connectivity index (χ1v) is 9.76. The molecule has 0 aromatic heterocycles. The van der Waals surface area contributed by atoms with E-state index in [1.54, 1.807) is 64.1 Å². The molecule has 8 heteroatoms. The summed E-state index contributed by atoms with van der Waals surface area (Å²) in [6.07, 6.45) is 0. The molecule has 2 aromatic rings. The van der Waals surface area contributed by atoms with Crippen molar-refractivity contribution in [1.29, 1.82) is 0 Å². The van der Waals surface area contributed by atoms with Crippen molar-refractivity contribution in [2.75, 3.05) is 5.32 Å². The van der Waals surface area contributed by atoms with Gasteiger partial charge in [-0.3, -0.25) is 4.79 Å². The van der Waals surface area contributed by atoms with Crippen molar-refractivity contribution in [3.8, 4) is 0 Å². The van der Waals surface area contributed by atoms with Crippen LogP contribution in [0.1, 0.15) is 42.3 Å². The van der Waals surface area contributed by atoms with E-state index < -0.39 is 15.6 Å². The van der Waals surface area contributed by atoms with Crippen LogP contribution in [-0.4, -0.2) is 19.9 Å². The number of hydrogen-bond acceptors (Lipinski definition) is 4. The highest BCUT2D eigenvalue weighted by Crippen LogP contribution is 2.24. The second-order valence-electron chi connectivity index (χ2n) is 7.14. The fourth-order valence-electron chi connectivity index (χ4n) is 2.49. The average molecular weight is 412 g/mol. The van der Waals surface area contributed by atoms with Gasteiger partial charge in [0.2, 0.25) is 10.0 Å². The number of nitrogens with one attached hydrogen (secondary N) is 2. The van der Waals surface area contributed by atoms with Gasteiger partial charge >= 0.3 is 0 Å². The van der Waals surface area contributed by atoms with Gasteiger partial charge in [-0.15, -0.1) is 12.4 Å². The Morgan fingerprint density at radius 3 is 2.19 bits per heavy atom. The summed E-state index contributed by atoms with van der Waals surface area (Å²) >= 11 is 0. The molecule has 27 heavy (non-hydrogen) atoms. The van der Waals surface area contributed by atoms with Crippen LogP contribution in [0, 0.1) is 6.92 Å². The zero-order valence-electron chi connectivity index (χ0n) is 15.9. The number of anilines is 1. The molecule has 0 bridgehead atoms. The molecule has 4 N–H and O–H groups in total. The summed E-state index contributed by atoms with van der Waals surface area (Å²) in [6.45, 7) is 7.40. The topological polar surface area (TPSA) is 101 Å². The van der Waals surface area contributed by atoms with Crippen LogP contribution in [0.2, 0.25) is 0 Å². The summed E-state index contributed by atoms with van der Waals surface area (Å²) in [6, 6.07) is 11.8. The molecule has 0 aliphatic rings. The van der Waals surface area contributed by atoms with E-state index in [0.717, 1.165) is 5.56 Å². The molecule has 0 heterocycles. The van der Waals surface area contributed by atoms with Crippen molar-refractivity contribution >= 4 is 34.0 Å². The Morgan fingerprint density at radius 2 is 1.67 bits per heavy atom. The third kappa shape index (κ3) is 6.04. The normalized spacial score (nSPS) is 11.6. The lowest BCUT2D eigenvalue weighted by molar-refractivity contribution is 0.102. The van der Waals surface area contributed by atoms with Crippen LogP contribution in [-0.2, 0) is 16.6 Å². The Labute approximate surface area is 167 Å². The molecule has 2 aromatic carbocycles. The molecule has 6 nitrogen and oxygen atoms in total. The van der Waals surface area contributed by atoms with Crippen LogP contribution in [0.3, 0.4) is 0 Å². The van der Waals surface area contributed by atoms with Crippen molar-refractivity contribution in [2.24, 2.45) is 5.73 Å². The standard InChI is InChI=1S/C19H25N3O3S.ClH/c1-13-16(21-18(23)15-10-8-14(12-20)9-11-15)6-5-7-17(13)26(24,25)22-19(2,3)4;/h5-11,22H,12,20H2,1-4H3,(H,21,23);1H. The van der Waals surface area contributed by atoms with Gasteiger partial charge in [-0.1, -0.05) is 18.2 Å². The van der Waals surface area contributed by atoms with E-state index in [2.05, 4.69) is 10.0 Å². The Morgan fingerprint density at radius 1 is 1.07 bits per heavy atom. The average Bonchev–Trinajstić information content (AvgIpc) is 2.54. The molecule has 0 aliphatic carbocycles. The van der Waals surface area contributed by atoms with Gasteiger partial charge in [-0.2, -0.15) is 0 Å². The number of amides is 1. The Hall–Kier alpha value is -1.93. The van der Waals surface area contributed by atoms with Gasteiger partial charge in [0.1, 0.15) is 0 Å². The van der Waals surface area contributed by atoms with Gasteiger partial charge in [-0.25, -0.2) is 13.1 Å². The van der Waals surface area contributed by atoms with Gasteiger partial charge in [0.15, 0.2) is 0 Å². The lowest BCUT2D eigenvalue weighted by atomic mass is 10.1. The first-order chi connectivity index (χ1) is 12.0. The summed E-state index contributed by atoms with van der Waals surface area (Å²) in [5.41, 5.74) is 7.30. The lowest BCUT2D eigenvalue weighted by Gasteiger charge is -2.22. The Kier molecular flexibility index (Phi) is 7.57. The number of nitrogens with two attached hydrogens (primary N) is 1. The van der Waals surface area contributed by atoms with Gasteiger partial charge in [0, 0.05) is 23.3 Å². The fraction of sp³-hybridized carbons (Fsp3) is 0.316. The molecule has 0 radical (unpaired) electrons. The number of halogens is 1. The number of hydrogen-bond donors (Lipinski definition) is 3. The fourth-order valence-corrected chi connectivity index (χ4v) is 4.17. The molecule has 2 rings (SSSR count). The van der Waals surface area contributed by atoms with Gasteiger partial charge in [-0.05, 0) is 63.1 Å². The minimum absolute atomic E-state index is 0. The molecule has 0 atom stereocenters. The molecule has 0 fully saturated rings. The van der Waals surface area contributed by atoms with Crippen molar-refractivity contribution in [3.05, 3.63) is 59.2 Å². The maximum absolute atomic E-state index is 12.6. The van der Waals surface area contributed by atoms with Crippen molar-refractivity contribution in [3.63, 3.8) is 0 Å². The SMILES string of the molecule is Cc1c(NC(=O)c2ccc(CN)cc2)cccc1S(=O)(=O)NC(C)(C)C.Cl. The van der Waals surface area contributed by atoms with Crippen LogP contribution in [0.4, 0.5) is 5.69 Å². The molecule has 0 saturated heterocycles. The van der Waals surface area contributed by atoms with E-state index in [-0.39, 0.29) is 23.2 Å². The van der Waals surface area contributed by atoms with Crippen molar-refractivity contribution in [1.82, 2.24) is 4.72 Å². The van der Waals surface area contributed by atoms with Crippen LogP contribution < -0.4 is 15.8 Å². The molecule has 1 amide bonds. The number of sulfonamides is 1. The number of rotatable bonds is 5. The Balaban J connectivity index is 0.00000364. The third-order valence-electron chi connectivity index (χ3n) is 3.71. The van der Waals surface area contributed by atoms with Gasteiger partial charge < -0.3 is 11.1 Å². The molecule has 0 spiro atoms. The zero-order chi connectivity index (χ0) is 19.5. The van der Waals surface area contributed by atoms with Crippen molar-refractivity contribution < 1.29 is 13.2 Å². The summed E-state index contributed by atoms with van der Waals surface area (Å²) < 4.78 is 27.8. The highest BCUT2D eigenvalue weighted by molar-refractivity contribution is 7.89. The van der Waals surface area contributed by atoms with E-state index >= 15 is 0 Å². The molecule has 0 aliphatic heterocycles. The molecule has 0 saturated carbocycles. The maximum Gasteiger partial charge on any atom is 0.255 e. The van der Waals surface area contributed by atoms with Gasteiger partial charge in [0.25, 0.3) is 5.91 Å². The molecular formula is C19H26ClN3O3S. The largest absolute Gasteiger partial charge is 0.326 e. The molecular weight excluding hydrogens is 386 g/mol. The van der Waals surface area contributed by atoms with Crippen LogP contribution in [0.5, 0.6) is 0 Å². The minimum Gasteiger partial charge on any atom is -0.326 e. The summed E-state index contributed by atoms with van der Waals surface area (Å²) in [4.78, 5) is 12.6. The minimum atomic E-state index is -3.70. The highest BCUT2D eigenvalue weighted by Gasteiger charge is 2.24. The molecule has 0 unspecified atom stereocenters. The number of carbonyl (C=O) groups excluding carboxylic acids is 1. The summed E-state index contributed by atoms with van der Waals surface area (Å²) in [5.74, 6) is -0.310. The maximum atomic E-state index is 12.6. The predicted molar refractivity (Wildman–Crippen MR) is 111 cm³/mol. The number of carbonyl (C=O) groups is 1. The predicted octanol–water partition coefficient (Wildman–Crippen LogP) is 3.20. The number of benzene rings is 2. The van der Waals surface area contributed by atoms with Crippen molar-refractivity contribution in [2.45, 2.75) is 44.7 Å². The second kappa shape index (κ2) is 8.84. The highest BCUT2D eigenvalue weighted by atomic mass is 35.5. The molecule has 148 valence electrons. The lowest BCUT2D eigenvalue weighted by Crippen LogP contribution is -2.40. The smallest absolute Gasteiger partial charge is 0.255 e. The van der Waals surface area contributed by atoms with E-state index in [1.807, 2.05) is 0 Å². The summed E-state index contributed by atoms with van der Waals surface area (Å²) in [7, 11) is -3.70. The van der Waals surface area contributed by atoms with Crippen LogP contribution in [0.25, 0.3) is 0 Å². The van der Waals surface area contributed by atoms with Crippen LogP contribution >= 0.6 is 12.4 Å². The van der Waals surface area contributed by atoms with Gasteiger partial charge in [0.05, 0.1) is 4.90 Å². The van der Waals surface area contributed by atoms with E-state index in [1.165, 1.54) is 6.07 Å². The van der Waals surface area contributed by atoms with Crippen LogP contribution in [0.15, 0.2) is 47.4 Å². The first-order valence-electron chi connectivity index (χ1n) is 8.27. The zero-order valence-corrected chi connectivity index (χ0v) is 17.5. The second-order valence-corrected chi connectivity index (χ2v) is 8.79. The monoisotopic (exact) mass is 411 g/mol. The van der Waals surface area contributed by atoms with E-state index in [0.29, 0.717) is 23.4 Å². The Bertz CT molecular complexity index is 905. The quantitative estimate of drug-likeness (QED) is 0.703. The third-order valence-corrected chi connectivity index (χ3v) is 5.62. The van der Waals surface area contributed by atoms with E-state index in [9.17, 15) is 13.2 Å². The first kappa shape index (κ1) is 23.1.